The summed E-state index contributed by atoms with van der Waals surface area (Å²) in [5.41, 5.74) is 0. The predicted octanol–water partition coefficient (Wildman–Crippen LogP) is 2.51. The Balaban J connectivity index is 1.97. The summed E-state index contributed by atoms with van der Waals surface area (Å²) in [5, 5.41) is 8.60. The molecule has 1 saturated heterocycles. The standard InChI is InChI=1S/C14H14F3NO2S/c15-14(16,17)10-5-7-18(8-6-10)13(20)12-4-3-11(21-12)2-1-9-19/h3-4,10,19H,5-9H2. The molecule has 1 amide bonds. The molecule has 114 valence electrons. The van der Waals surface area contributed by atoms with Crippen molar-refractivity contribution in [3.8, 4) is 11.8 Å². The van der Waals surface area contributed by atoms with Crippen LogP contribution < -0.4 is 0 Å². The van der Waals surface area contributed by atoms with Crippen LogP contribution >= 0.6 is 11.3 Å². The van der Waals surface area contributed by atoms with Gasteiger partial charge in [0.15, 0.2) is 0 Å². The van der Waals surface area contributed by atoms with Crippen LogP contribution in [0, 0.1) is 17.8 Å². The van der Waals surface area contributed by atoms with E-state index < -0.39 is 12.1 Å². The molecule has 0 unspecified atom stereocenters. The van der Waals surface area contributed by atoms with Gasteiger partial charge < -0.3 is 10.0 Å². The van der Waals surface area contributed by atoms with Gasteiger partial charge in [-0.3, -0.25) is 4.79 Å². The van der Waals surface area contributed by atoms with Crippen molar-refractivity contribution in [1.82, 2.24) is 4.90 Å². The maximum Gasteiger partial charge on any atom is 0.391 e. The fourth-order valence-electron chi connectivity index (χ4n) is 2.21. The second kappa shape index (κ2) is 6.50. The minimum Gasteiger partial charge on any atom is -0.384 e. The molecule has 3 nitrogen and oxygen atoms in total. The van der Waals surface area contributed by atoms with Gasteiger partial charge in [-0.2, -0.15) is 13.2 Å². The van der Waals surface area contributed by atoms with E-state index in [1.54, 1.807) is 12.1 Å². The van der Waals surface area contributed by atoms with Crippen LogP contribution in [0.2, 0.25) is 0 Å². The van der Waals surface area contributed by atoms with Gasteiger partial charge in [-0.15, -0.1) is 11.3 Å². The third-order valence-corrected chi connectivity index (χ3v) is 4.34. The van der Waals surface area contributed by atoms with Crippen molar-refractivity contribution in [1.29, 1.82) is 0 Å². The van der Waals surface area contributed by atoms with Crippen LogP contribution in [0.4, 0.5) is 13.2 Å². The smallest absolute Gasteiger partial charge is 0.384 e. The molecule has 7 heteroatoms. The summed E-state index contributed by atoms with van der Waals surface area (Å²) in [4.78, 5) is 14.8. The minimum absolute atomic E-state index is 0.0439. The molecule has 1 aromatic rings. The van der Waals surface area contributed by atoms with Crippen LogP contribution in [0.3, 0.4) is 0 Å². The molecule has 1 aromatic heterocycles. The number of amides is 1. The first-order valence-electron chi connectivity index (χ1n) is 6.47. The van der Waals surface area contributed by atoms with Crippen molar-refractivity contribution in [2.24, 2.45) is 5.92 Å². The first kappa shape index (κ1) is 15.9. The summed E-state index contributed by atoms with van der Waals surface area (Å²) in [7, 11) is 0. The third kappa shape index (κ3) is 3.99. The van der Waals surface area contributed by atoms with Crippen molar-refractivity contribution < 1.29 is 23.1 Å². The van der Waals surface area contributed by atoms with Crippen molar-refractivity contribution in [3.63, 3.8) is 0 Å². The van der Waals surface area contributed by atoms with Crippen molar-refractivity contribution in [2.75, 3.05) is 19.7 Å². The van der Waals surface area contributed by atoms with E-state index in [0.717, 1.165) is 0 Å². The average molecular weight is 317 g/mol. The topological polar surface area (TPSA) is 40.5 Å². The van der Waals surface area contributed by atoms with Crippen molar-refractivity contribution >= 4 is 17.2 Å². The molecule has 0 radical (unpaired) electrons. The summed E-state index contributed by atoms with van der Waals surface area (Å²) in [6.07, 6.45) is -4.26. The van der Waals surface area contributed by atoms with Gasteiger partial charge in [0, 0.05) is 13.1 Å². The van der Waals surface area contributed by atoms with E-state index in [-0.39, 0.29) is 38.4 Å². The first-order chi connectivity index (χ1) is 9.91. The lowest BCUT2D eigenvalue weighted by atomic mass is 9.96. The Hall–Kier alpha value is -1.52. The second-order valence-corrected chi connectivity index (χ2v) is 5.82. The highest BCUT2D eigenvalue weighted by atomic mass is 32.1. The molecule has 2 rings (SSSR count). The highest BCUT2D eigenvalue weighted by Gasteiger charge is 2.41. The maximum absolute atomic E-state index is 12.6. The number of piperidine rings is 1. The van der Waals surface area contributed by atoms with E-state index in [9.17, 15) is 18.0 Å². The molecule has 0 spiro atoms. The lowest BCUT2D eigenvalue weighted by Crippen LogP contribution is -2.41. The van der Waals surface area contributed by atoms with E-state index in [4.69, 9.17) is 5.11 Å². The number of aliphatic hydroxyl groups is 1. The number of halogens is 3. The number of hydrogen-bond donors (Lipinski definition) is 1. The number of likely N-dealkylation sites (tertiary alicyclic amines) is 1. The van der Waals surface area contributed by atoms with Crippen LogP contribution in [-0.4, -0.2) is 41.8 Å². The number of carbonyl (C=O) groups is 1. The maximum atomic E-state index is 12.6. The highest BCUT2D eigenvalue weighted by molar-refractivity contribution is 7.14. The number of rotatable bonds is 1. The van der Waals surface area contributed by atoms with E-state index in [0.29, 0.717) is 9.75 Å². The quantitative estimate of drug-likeness (QED) is 0.809. The van der Waals surface area contributed by atoms with Crippen LogP contribution in [0.5, 0.6) is 0 Å². The van der Waals surface area contributed by atoms with Gasteiger partial charge in [0.05, 0.1) is 15.7 Å². The fraction of sp³-hybridized carbons (Fsp3) is 0.500. The van der Waals surface area contributed by atoms with Gasteiger partial charge in [0.25, 0.3) is 5.91 Å². The summed E-state index contributed by atoms with van der Waals surface area (Å²) < 4.78 is 37.7. The Morgan fingerprint density at radius 1 is 1.38 bits per heavy atom. The van der Waals surface area contributed by atoms with Crippen molar-refractivity contribution in [3.05, 3.63) is 21.9 Å². The molecule has 1 aliphatic rings. The molecule has 1 fully saturated rings. The Labute approximate surface area is 124 Å². The second-order valence-electron chi connectivity index (χ2n) is 4.73. The van der Waals surface area contributed by atoms with Crippen LogP contribution in [0.15, 0.2) is 12.1 Å². The predicted molar refractivity (Wildman–Crippen MR) is 73.0 cm³/mol. The van der Waals surface area contributed by atoms with Gasteiger partial charge >= 0.3 is 6.18 Å². The fourth-order valence-corrected chi connectivity index (χ4v) is 3.06. The number of alkyl halides is 3. The number of thiophene rings is 1. The zero-order valence-corrected chi connectivity index (χ0v) is 11.9. The summed E-state index contributed by atoms with van der Waals surface area (Å²) in [6, 6.07) is 3.28. The van der Waals surface area contributed by atoms with Gasteiger partial charge in [0.1, 0.15) is 6.61 Å². The molecule has 0 aliphatic carbocycles. The number of carbonyl (C=O) groups excluding carboxylic acids is 1. The largest absolute Gasteiger partial charge is 0.391 e. The number of hydrogen-bond acceptors (Lipinski definition) is 3. The Morgan fingerprint density at radius 2 is 2.05 bits per heavy atom. The average Bonchev–Trinajstić information content (AvgIpc) is 2.92. The lowest BCUT2D eigenvalue weighted by molar-refractivity contribution is -0.183. The van der Waals surface area contributed by atoms with Gasteiger partial charge in [-0.05, 0) is 25.0 Å². The molecular formula is C14H14F3NO2S. The zero-order chi connectivity index (χ0) is 15.5. The number of aliphatic hydroxyl groups excluding tert-OH is 1. The van der Waals surface area contributed by atoms with Gasteiger partial charge in [-0.1, -0.05) is 11.8 Å². The SMILES string of the molecule is O=C(c1ccc(C#CCO)s1)N1CCC(C(F)(F)F)CC1. The minimum atomic E-state index is -4.18. The van der Waals surface area contributed by atoms with Crippen LogP contribution in [-0.2, 0) is 0 Å². The van der Waals surface area contributed by atoms with E-state index in [1.165, 1.54) is 16.2 Å². The Bertz CT molecular complexity index is 563. The highest BCUT2D eigenvalue weighted by Crippen LogP contribution is 2.34. The third-order valence-electron chi connectivity index (χ3n) is 3.35. The summed E-state index contributed by atoms with van der Waals surface area (Å²) in [6.45, 7) is -0.0107. The molecule has 1 aliphatic heterocycles. The first-order valence-corrected chi connectivity index (χ1v) is 7.29. The molecule has 0 aromatic carbocycles. The molecule has 2 heterocycles. The van der Waals surface area contributed by atoms with E-state index in [2.05, 4.69) is 11.8 Å². The monoisotopic (exact) mass is 317 g/mol. The molecule has 0 saturated carbocycles. The Kier molecular flexibility index (Phi) is 4.91. The normalized spacial score (nSPS) is 16.5. The summed E-state index contributed by atoms with van der Waals surface area (Å²) in [5.74, 6) is 3.62. The molecule has 0 bridgehead atoms. The molecule has 1 N–H and O–H groups in total. The summed E-state index contributed by atoms with van der Waals surface area (Å²) >= 11 is 1.18. The van der Waals surface area contributed by atoms with Crippen molar-refractivity contribution in [2.45, 2.75) is 19.0 Å². The van der Waals surface area contributed by atoms with Crippen LogP contribution in [0.25, 0.3) is 0 Å². The van der Waals surface area contributed by atoms with Gasteiger partial charge in [-0.25, -0.2) is 0 Å². The van der Waals surface area contributed by atoms with E-state index in [1.807, 2.05) is 0 Å². The van der Waals surface area contributed by atoms with E-state index >= 15 is 0 Å². The molecule has 0 atom stereocenters. The van der Waals surface area contributed by atoms with Gasteiger partial charge in [0.2, 0.25) is 0 Å². The van der Waals surface area contributed by atoms with Crippen LogP contribution in [0.1, 0.15) is 27.4 Å². The lowest BCUT2D eigenvalue weighted by Gasteiger charge is -2.32. The zero-order valence-electron chi connectivity index (χ0n) is 11.1. The molecule has 21 heavy (non-hydrogen) atoms. The number of nitrogens with zero attached hydrogens (tertiary/aromatic N) is 1. The Morgan fingerprint density at radius 3 is 2.62 bits per heavy atom. The molecular weight excluding hydrogens is 303 g/mol.